The van der Waals surface area contributed by atoms with E-state index in [-0.39, 0.29) is 29.2 Å². The summed E-state index contributed by atoms with van der Waals surface area (Å²) in [5.74, 6) is 0.137. The normalized spacial score (nSPS) is 15.2. The molecule has 36 heavy (non-hydrogen) atoms. The molecule has 0 amide bonds. The van der Waals surface area contributed by atoms with Crippen molar-refractivity contribution in [3.8, 4) is 22.8 Å². The number of nitro benzene ring substituents is 1. The summed E-state index contributed by atoms with van der Waals surface area (Å²) >= 11 is 0. The van der Waals surface area contributed by atoms with Gasteiger partial charge in [0.15, 0.2) is 11.5 Å². The molecule has 2 aromatic carbocycles. The van der Waals surface area contributed by atoms with Crippen LogP contribution >= 0.6 is 0 Å². The lowest BCUT2D eigenvalue weighted by Gasteiger charge is -2.28. The number of hydrogen-bond acceptors (Lipinski definition) is 7. The van der Waals surface area contributed by atoms with E-state index in [2.05, 4.69) is 0 Å². The monoisotopic (exact) mass is 492 g/mol. The van der Waals surface area contributed by atoms with Crippen LogP contribution in [0.1, 0.15) is 22.9 Å². The predicted molar refractivity (Wildman–Crippen MR) is 132 cm³/mol. The molecule has 0 fully saturated rings. The highest BCUT2D eigenvalue weighted by atomic mass is 16.6. The second-order valence-electron chi connectivity index (χ2n) is 8.72. The highest BCUT2D eigenvalue weighted by Crippen LogP contribution is 2.45. The van der Waals surface area contributed by atoms with Crippen LogP contribution in [0.25, 0.3) is 22.2 Å². The minimum Gasteiger partial charge on any atom is -0.504 e. The molecule has 11 nitrogen and oxygen atoms in total. The molecule has 1 aliphatic rings. The van der Waals surface area contributed by atoms with Crippen molar-refractivity contribution >= 4 is 16.6 Å². The third-order valence-electron chi connectivity index (χ3n) is 6.76. The molecule has 1 atom stereocenters. The molecular weight excluding hydrogens is 468 g/mol. The van der Waals surface area contributed by atoms with Crippen molar-refractivity contribution in [2.45, 2.75) is 19.6 Å². The van der Waals surface area contributed by atoms with Gasteiger partial charge in [0.1, 0.15) is 6.10 Å². The summed E-state index contributed by atoms with van der Waals surface area (Å²) in [7, 11) is 4.39. The number of aromatic nitrogens is 3. The molecule has 0 saturated heterocycles. The van der Waals surface area contributed by atoms with Crippen LogP contribution in [-0.2, 0) is 25.4 Å². The molecule has 3 heterocycles. The average molecular weight is 492 g/mol. The number of aromatic hydroxyl groups is 1. The molecule has 186 valence electrons. The number of nitro groups is 1. The van der Waals surface area contributed by atoms with E-state index < -0.39 is 22.3 Å². The standard InChI is InChI=1S/C25H24N4O7/c1-13-8-9-14(12-16(13)29(33)34)19-18-20(26(2)25(32)27(3)24(18)31)21-23(36-11-10-28(19)21)15-6-5-7-17(35-4)22(15)30/h5-9,12,23,30H,10-11H2,1-4H3. The Bertz CT molecular complexity index is 1680. The van der Waals surface area contributed by atoms with Crippen molar-refractivity contribution in [2.24, 2.45) is 14.1 Å². The highest BCUT2D eigenvalue weighted by Gasteiger charge is 2.35. The van der Waals surface area contributed by atoms with E-state index in [4.69, 9.17) is 9.47 Å². The molecule has 0 radical (unpaired) electrons. The lowest BCUT2D eigenvalue weighted by molar-refractivity contribution is -0.385. The van der Waals surface area contributed by atoms with Gasteiger partial charge in [-0.3, -0.25) is 24.0 Å². The van der Waals surface area contributed by atoms with Crippen LogP contribution in [0.5, 0.6) is 11.5 Å². The van der Waals surface area contributed by atoms with Gasteiger partial charge < -0.3 is 19.1 Å². The maximum absolute atomic E-state index is 13.5. The number of phenolic OH excluding ortho intramolecular Hbond substituents is 1. The third-order valence-corrected chi connectivity index (χ3v) is 6.76. The smallest absolute Gasteiger partial charge is 0.331 e. The maximum Gasteiger partial charge on any atom is 0.331 e. The van der Waals surface area contributed by atoms with Gasteiger partial charge in [-0.25, -0.2) is 4.79 Å². The van der Waals surface area contributed by atoms with Crippen LogP contribution in [0.15, 0.2) is 46.0 Å². The second kappa shape index (κ2) is 8.38. The molecule has 0 bridgehead atoms. The molecule has 4 aromatic rings. The molecule has 1 unspecified atom stereocenters. The Morgan fingerprint density at radius 3 is 2.61 bits per heavy atom. The van der Waals surface area contributed by atoms with Crippen molar-refractivity contribution in [1.29, 1.82) is 0 Å². The number of nitrogens with zero attached hydrogens (tertiary/aromatic N) is 4. The maximum atomic E-state index is 13.5. The molecule has 2 aromatic heterocycles. The van der Waals surface area contributed by atoms with Crippen molar-refractivity contribution < 1.29 is 19.5 Å². The SMILES string of the molecule is COc1cccc(C2OCCn3c(-c4ccc(C)c([N+](=O)[O-])c4)c4c(=O)n(C)c(=O)n(C)c4c32)c1O. The van der Waals surface area contributed by atoms with Crippen LogP contribution in [0.2, 0.25) is 0 Å². The minimum absolute atomic E-state index is 0.0770. The number of para-hydroxylation sites is 1. The summed E-state index contributed by atoms with van der Waals surface area (Å²) in [6.45, 7) is 2.22. The number of hydrogen-bond donors (Lipinski definition) is 1. The van der Waals surface area contributed by atoms with Crippen molar-refractivity contribution in [3.63, 3.8) is 0 Å². The van der Waals surface area contributed by atoms with E-state index in [1.165, 1.54) is 24.8 Å². The fourth-order valence-electron chi connectivity index (χ4n) is 4.99. The van der Waals surface area contributed by atoms with Gasteiger partial charge in [0.2, 0.25) is 0 Å². The molecule has 0 aliphatic carbocycles. The summed E-state index contributed by atoms with van der Waals surface area (Å²) < 4.78 is 15.6. The Kier molecular flexibility index (Phi) is 5.44. The Balaban J connectivity index is 1.94. The first kappa shape index (κ1) is 23.4. The van der Waals surface area contributed by atoms with Gasteiger partial charge >= 0.3 is 5.69 Å². The van der Waals surface area contributed by atoms with Crippen LogP contribution in [0.3, 0.4) is 0 Å². The largest absolute Gasteiger partial charge is 0.504 e. The van der Waals surface area contributed by atoms with Crippen molar-refractivity contribution in [2.75, 3.05) is 13.7 Å². The molecule has 11 heteroatoms. The van der Waals surface area contributed by atoms with Gasteiger partial charge in [-0.1, -0.05) is 24.3 Å². The number of ether oxygens (including phenoxy) is 2. The summed E-state index contributed by atoms with van der Waals surface area (Å²) in [6, 6.07) is 9.81. The molecule has 1 N–H and O–H groups in total. The summed E-state index contributed by atoms with van der Waals surface area (Å²) in [5.41, 5.74) is 1.52. The van der Waals surface area contributed by atoms with Crippen LogP contribution in [0, 0.1) is 17.0 Å². The number of benzene rings is 2. The van der Waals surface area contributed by atoms with Gasteiger partial charge in [0.05, 0.1) is 40.9 Å². The number of methoxy groups -OCH3 is 1. The van der Waals surface area contributed by atoms with E-state index in [0.29, 0.717) is 40.1 Å². The summed E-state index contributed by atoms with van der Waals surface area (Å²) in [5, 5.41) is 22.8. The quantitative estimate of drug-likeness (QED) is 0.342. The van der Waals surface area contributed by atoms with Crippen LogP contribution < -0.4 is 16.0 Å². The lowest BCUT2D eigenvalue weighted by Crippen LogP contribution is -2.37. The van der Waals surface area contributed by atoms with Gasteiger partial charge in [0.25, 0.3) is 11.2 Å². The van der Waals surface area contributed by atoms with E-state index in [1.54, 1.807) is 44.3 Å². The zero-order chi connectivity index (χ0) is 25.9. The molecule has 0 spiro atoms. The minimum atomic E-state index is -0.830. The van der Waals surface area contributed by atoms with Crippen molar-refractivity contribution in [3.05, 3.63) is 84.2 Å². The van der Waals surface area contributed by atoms with Gasteiger partial charge in [-0.2, -0.15) is 0 Å². The van der Waals surface area contributed by atoms with Crippen LogP contribution in [0.4, 0.5) is 5.69 Å². The average Bonchev–Trinajstić information content (AvgIpc) is 3.22. The molecular formula is C25H24N4O7. The van der Waals surface area contributed by atoms with E-state index in [0.717, 1.165) is 4.57 Å². The number of rotatable bonds is 4. The van der Waals surface area contributed by atoms with Crippen molar-refractivity contribution in [1.82, 2.24) is 13.7 Å². The Labute approximate surface area is 204 Å². The number of phenols is 1. The summed E-state index contributed by atoms with van der Waals surface area (Å²) in [6.07, 6.45) is -0.830. The van der Waals surface area contributed by atoms with Crippen LogP contribution in [-0.4, -0.2) is 37.4 Å². The first-order valence-corrected chi connectivity index (χ1v) is 11.2. The highest BCUT2D eigenvalue weighted by molar-refractivity contribution is 5.97. The molecule has 5 rings (SSSR count). The fourth-order valence-corrected chi connectivity index (χ4v) is 4.99. The molecule has 1 aliphatic heterocycles. The first-order valence-electron chi connectivity index (χ1n) is 11.2. The Hall–Kier alpha value is -4.38. The Morgan fingerprint density at radius 2 is 1.92 bits per heavy atom. The zero-order valence-electron chi connectivity index (χ0n) is 20.1. The number of aryl methyl sites for hydroxylation is 2. The van der Waals surface area contributed by atoms with Gasteiger partial charge in [0, 0.05) is 43.4 Å². The Morgan fingerprint density at radius 1 is 1.17 bits per heavy atom. The van der Waals surface area contributed by atoms with E-state index in [1.807, 2.05) is 4.57 Å². The summed E-state index contributed by atoms with van der Waals surface area (Å²) in [4.78, 5) is 37.7. The number of fused-ring (bicyclic) bond motifs is 3. The van der Waals surface area contributed by atoms with Gasteiger partial charge in [-0.05, 0) is 13.0 Å². The molecule has 0 saturated carbocycles. The predicted octanol–water partition coefficient (Wildman–Crippen LogP) is 2.76. The van der Waals surface area contributed by atoms with E-state index in [9.17, 15) is 24.8 Å². The first-order chi connectivity index (χ1) is 17.2. The van der Waals surface area contributed by atoms with E-state index >= 15 is 0 Å². The lowest BCUT2D eigenvalue weighted by atomic mass is 10.0. The topological polar surface area (TPSA) is 131 Å². The zero-order valence-corrected chi connectivity index (χ0v) is 20.1. The third kappa shape index (κ3) is 3.23. The second-order valence-corrected chi connectivity index (χ2v) is 8.72. The van der Waals surface area contributed by atoms with Gasteiger partial charge in [-0.15, -0.1) is 0 Å². The fraction of sp³-hybridized carbons (Fsp3) is 0.280.